The van der Waals surface area contributed by atoms with Crippen LogP contribution in [0.5, 0.6) is 11.5 Å². The van der Waals surface area contributed by atoms with Crippen molar-refractivity contribution in [3.63, 3.8) is 0 Å². The first kappa shape index (κ1) is 41.2. The van der Waals surface area contributed by atoms with Gasteiger partial charge < -0.3 is 20.5 Å². The van der Waals surface area contributed by atoms with Crippen molar-refractivity contribution >= 4 is 34.3 Å². The standard InChI is InChI=1S/C18H25NO3.C10H19NO.C8H7ClO2/c1-4-14(2)17(20)8-6-5-7-13-19-18(21)15-9-11-16(22-3)12-10-15;1-3-9(2)10(12)7-5-4-6-8-11;1-11-7-4-2-6(3-5-7)8(9)10/h4,9-12H,5-8,13H2,1-3H3,(H,19,21);3H,4-8,11H2,1-2H3;2-5H,1H3/b14-4+;9-3+;. The van der Waals surface area contributed by atoms with Gasteiger partial charge in [0.2, 0.25) is 0 Å². The molecule has 0 aliphatic heterocycles. The molecule has 3 N–H and O–H groups in total. The maximum absolute atomic E-state index is 11.9. The maximum atomic E-state index is 11.9. The number of unbranched alkanes of at least 4 members (excludes halogenated alkanes) is 4. The number of nitrogens with two attached hydrogens (primary N) is 1. The SMILES string of the molecule is C/C=C(\C)C(=O)CCCCCN.C/C=C(\C)C(=O)CCCCCNC(=O)c1ccc(OC)cc1.COc1ccc(C(=O)Cl)cc1. The van der Waals surface area contributed by atoms with Gasteiger partial charge in [-0.05, 0) is 131 Å². The van der Waals surface area contributed by atoms with E-state index in [-0.39, 0.29) is 17.5 Å². The molecule has 2 aromatic rings. The summed E-state index contributed by atoms with van der Waals surface area (Å²) in [5.41, 5.74) is 8.14. The van der Waals surface area contributed by atoms with E-state index in [2.05, 4.69) is 5.32 Å². The van der Waals surface area contributed by atoms with Gasteiger partial charge >= 0.3 is 0 Å². The molecule has 0 bridgehead atoms. The summed E-state index contributed by atoms with van der Waals surface area (Å²) in [6.07, 6.45) is 10.7. The zero-order valence-electron chi connectivity index (χ0n) is 27.7. The number of carbonyl (C=O) groups is 4. The first-order chi connectivity index (χ1) is 21.5. The van der Waals surface area contributed by atoms with Crippen molar-refractivity contribution in [1.29, 1.82) is 0 Å². The summed E-state index contributed by atoms with van der Waals surface area (Å²) in [4.78, 5) is 45.3. The summed E-state index contributed by atoms with van der Waals surface area (Å²) in [6.45, 7) is 8.84. The second kappa shape index (κ2) is 25.6. The molecular weight excluding hydrogens is 592 g/mol. The number of benzene rings is 2. The summed E-state index contributed by atoms with van der Waals surface area (Å²) in [6, 6.07) is 13.6. The monoisotopic (exact) mass is 642 g/mol. The van der Waals surface area contributed by atoms with Crippen LogP contribution in [0.4, 0.5) is 0 Å². The van der Waals surface area contributed by atoms with Crippen LogP contribution in [0.2, 0.25) is 0 Å². The molecule has 0 fully saturated rings. The number of amides is 1. The van der Waals surface area contributed by atoms with E-state index in [1.165, 1.54) is 0 Å². The van der Waals surface area contributed by atoms with Crippen molar-refractivity contribution in [2.75, 3.05) is 27.3 Å². The molecule has 2 aromatic carbocycles. The predicted octanol–water partition coefficient (Wildman–Crippen LogP) is 7.64. The van der Waals surface area contributed by atoms with Gasteiger partial charge in [0.15, 0.2) is 11.6 Å². The molecular formula is C36H51ClN2O6. The molecule has 0 heterocycles. The van der Waals surface area contributed by atoms with E-state index in [4.69, 9.17) is 26.8 Å². The Morgan fingerprint density at radius 3 is 1.49 bits per heavy atom. The normalized spacial score (nSPS) is 10.8. The fraction of sp³-hybridized carbons (Fsp3) is 0.444. The van der Waals surface area contributed by atoms with Crippen LogP contribution in [-0.2, 0) is 9.59 Å². The van der Waals surface area contributed by atoms with E-state index in [0.29, 0.717) is 36.3 Å². The van der Waals surface area contributed by atoms with Gasteiger partial charge in [-0.3, -0.25) is 19.2 Å². The van der Waals surface area contributed by atoms with Gasteiger partial charge in [-0.15, -0.1) is 0 Å². The number of hydrogen-bond acceptors (Lipinski definition) is 7. The van der Waals surface area contributed by atoms with Crippen LogP contribution in [0.15, 0.2) is 71.8 Å². The van der Waals surface area contributed by atoms with Gasteiger partial charge in [0, 0.05) is 30.5 Å². The molecule has 0 aliphatic carbocycles. The summed E-state index contributed by atoms with van der Waals surface area (Å²) >= 11 is 5.22. The van der Waals surface area contributed by atoms with Crippen LogP contribution in [-0.4, -0.2) is 50.0 Å². The lowest BCUT2D eigenvalue weighted by Gasteiger charge is -2.06. The highest BCUT2D eigenvalue weighted by molar-refractivity contribution is 6.67. The molecule has 0 radical (unpaired) electrons. The van der Waals surface area contributed by atoms with Gasteiger partial charge in [-0.2, -0.15) is 0 Å². The van der Waals surface area contributed by atoms with Crippen molar-refractivity contribution in [1.82, 2.24) is 5.32 Å². The van der Waals surface area contributed by atoms with Crippen LogP contribution in [0.3, 0.4) is 0 Å². The lowest BCUT2D eigenvalue weighted by molar-refractivity contribution is -0.116. The Bertz CT molecular complexity index is 1220. The lowest BCUT2D eigenvalue weighted by Crippen LogP contribution is -2.24. The average molecular weight is 643 g/mol. The quantitative estimate of drug-likeness (QED) is 0.103. The van der Waals surface area contributed by atoms with Crippen molar-refractivity contribution < 1.29 is 28.7 Å². The van der Waals surface area contributed by atoms with E-state index in [9.17, 15) is 19.2 Å². The Balaban J connectivity index is 0.000000710. The zero-order chi connectivity index (χ0) is 34.0. The van der Waals surface area contributed by atoms with E-state index in [0.717, 1.165) is 62.0 Å². The molecule has 0 saturated heterocycles. The number of nitrogens with one attached hydrogen (secondary N) is 1. The van der Waals surface area contributed by atoms with Crippen molar-refractivity contribution in [2.45, 2.75) is 79.1 Å². The molecule has 9 heteroatoms. The third kappa shape index (κ3) is 19.3. The Labute approximate surface area is 274 Å². The third-order valence-corrected chi connectivity index (χ3v) is 7.11. The van der Waals surface area contributed by atoms with Crippen LogP contribution < -0.4 is 20.5 Å². The van der Waals surface area contributed by atoms with Gasteiger partial charge in [-0.25, -0.2) is 0 Å². The Hall–Kier alpha value is -3.75. The number of allylic oxidation sites excluding steroid dienone is 4. The van der Waals surface area contributed by atoms with E-state index in [1.807, 2.05) is 39.8 Å². The molecule has 0 aromatic heterocycles. The summed E-state index contributed by atoms with van der Waals surface area (Å²) in [5, 5.41) is 2.43. The highest BCUT2D eigenvalue weighted by Gasteiger charge is 2.06. The molecule has 0 saturated carbocycles. The minimum atomic E-state index is -0.451. The van der Waals surface area contributed by atoms with E-state index in [1.54, 1.807) is 62.8 Å². The summed E-state index contributed by atoms with van der Waals surface area (Å²) in [5.74, 6) is 1.85. The lowest BCUT2D eigenvalue weighted by atomic mass is 10.1. The smallest absolute Gasteiger partial charge is 0.252 e. The fourth-order valence-corrected chi connectivity index (χ4v) is 3.80. The molecule has 2 rings (SSSR count). The molecule has 8 nitrogen and oxygen atoms in total. The molecule has 248 valence electrons. The number of ether oxygens (including phenoxy) is 2. The van der Waals surface area contributed by atoms with Gasteiger partial charge in [0.1, 0.15) is 11.5 Å². The Kier molecular flexibility index (Phi) is 23.4. The third-order valence-electron chi connectivity index (χ3n) is 6.89. The molecule has 1 amide bonds. The largest absolute Gasteiger partial charge is 0.497 e. The van der Waals surface area contributed by atoms with Crippen LogP contribution in [0.1, 0.15) is 99.8 Å². The number of halogens is 1. The number of ketones is 2. The summed E-state index contributed by atoms with van der Waals surface area (Å²) in [7, 11) is 3.16. The number of hydrogen-bond donors (Lipinski definition) is 2. The number of rotatable bonds is 17. The molecule has 45 heavy (non-hydrogen) atoms. The first-order valence-corrected chi connectivity index (χ1v) is 15.7. The number of carbonyl (C=O) groups excluding carboxylic acids is 4. The van der Waals surface area contributed by atoms with Crippen LogP contribution in [0, 0.1) is 0 Å². The Morgan fingerprint density at radius 1 is 0.689 bits per heavy atom. The second-order valence-electron chi connectivity index (χ2n) is 10.2. The molecule has 0 spiro atoms. The number of Topliss-reactive ketones (excluding diaryl/α,β-unsaturated/α-hetero) is 2. The van der Waals surface area contributed by atoms with Gasteiger partial charge in [0.25, 0.3) is 11.1 Å². The highest BCUT2D eigenvalue weighted by atomic mass is 35.5. The van der Waals surface area contributed by atoms with Crippen molar-refractivity contribution in [3.05, 3.63) is 83.0 Å². The van der Waals surface area contributed by atoms with Gasteiger partial charge in [0.05, 0.1) is 14.2 Å². The Morgan fingerprint density at radius 2 is 1.11 bits per heavy atom. The van der Waals surface area contributed by atoms with Gasteiger partial charge in [-0.1, -0.05) is 25.0 Å². The second-order valence-corrected chi connectivity index (χ2v) is 10.5. The minimum absolute atomic E-state index is 0.0801. The van der Waals surface area contributed by atoms with Crippen molar-refractivity contribution in [3.8, 4) is 11.5 Å². The average Bonchev–Trinajstić information content (AvgIpc) is 3.07. The fourth-order valence-electron chi connectivity index (χ4n) is 3.68. The predicted molar refractivity (Wildman–Crippen MR) is 183 cm³/mol. The first-order valence-electron chi connectivity index (χ1n) is 15.3. The molecule has 0 unspecified atom stereocenters. The van der Waals surface area contributed by atoms with E-state index < -0.39 is 5.24 Å². The topological polar surface area (TPSA) is 125 Å². The van der Waals surface area contributed by atoms with Crippen LogP contribution in [0.25, 0.3) is 0 Å². The zero-order valence-corrected chi connectivity index (χ0v) is 28.5. The number of methoxy groups -OCH3 is 2. The van der Waals surface area contributed by atoms with Crippen LogP contribution >= 0.6 is 11.6 Å². The minimum Gasteiger partial charge on any atom is -0.497 e. The molecule has 0 atom stereocenters. The highest BCUT2D eigenvalue weighted by Crippen LogP contribution is 2.13. The maximum Gasteiger partial charge on any atom is 0.252 e. The van der Waals surface area contributed by atoms with E-state index >= 15 is 0 Å². The van der Waals surface area contributed by atoms with Crippen molar-refractivity contribution in [2.24, 2.45) is 5.73 Å². The summed E-state index contributed by atoms with van der Waals surface area (Å²) < 4.78 is 9.95. The molecule has 0 aliphatic rings.